The maximum Gasteiger partial charge on any atom is 0.249 e. The van der Waals surface area contributed by atoms with Crippen LogP contribution in [0.2, 0.25) is 0 Å². The number of carbonyl (C=O) groups excluding carboxylic acids is 1. The van der Waals surface area contributed by atoms with Gasteiger partial charge in [0.05, 0.1) is 10.9 Å². The average Bonchev–Trinajstić information content (AvgIpc) is 3.48. The molecule has 0 bridgehead atoms. The van der Waals surface area contributed by atoms with E-state index >= 15 is 0 Å². The first kappa shape index (κ1) is 26.9. The second kappa shape index (κ2) is 12.4. The standard InChI is InChI=1S/C29H34N4O3S2/c34-28(31-27(25-9-5-2-6-10-25)15-18-32-19-16-30-17-20-32)29-33(21-22-37-29)38(35,36)26-13-11-24(12-14-26)23-7-3-1-4-8-23/h1-14,27,29-30H,15-22H2,(H,31,34). The van der Waals surface area contributed by atoms with Gasteiger partial charge in [0, 0.05) is 45.0 Å². The van der Waals surface area contributed by atoms with Crippen molar-refractivity contribution in [2.45, 2.75) is 22.7 Å². The molecule has 0 radical (unpaired) electrons. The van der Waals surface area contributed by atoms with Crippen molar-refractivity contribution < 1.29 is 13.2 Å². The maximum absolute atomic E-state index is 13.6. The number of thioether (sulfide) groups is 1. The molecular weight excluding hydrogens is 516 g/mol. The molecule has 2 fully saturated rings. The Bertz CT molecular complexity index is 1300. The van der Waals surface area contributed by atoms with Crippen molar-refractivity contribution in [3.63, 3.8) is 0 Å². The largest absolute Gasteiger partial charge is 0.347 e. The van der Waals surface area contributed by atoms with Gasteiger partial charge in [-0.2, -0.15) is 4.31 Å². The van der Waals surface area contributed by atoms with Gasteiger partial charge in [0.1, 0.15) is 5.37 Å². The quantitative estimate of drug-likeness (QED) is 0.424. The van der Waals surface area contributed by atoms with Crippen LogP contribution in [0.1, 0.15) is 18.0 Å². The Morgan fingerprint density at radius 3 is 2.21 bits per heavy atom. The smallest absolute Gasteiger partial charge is 0.249 e. The van der Waals surface area contributed by atoms with Gasteiger partial charge >= 0.3 is 0 Å². The summed E-state index contributed by atoms with van der Waals surface area (Å²) in [7, 11) is -3.83. The van der Waals surface area contributed by atoms with E-state index in [1.54, 1.807) is 12.1 Å². The number of benzene rings is 3. The van der Waals surface area contributed by atoms with Crippen LogP contribution >= 0.6 is 11.8 Å². The van der Waals surface area contributed by atoms with Crippen molar-refractivity contribution in [3.8, 4) is 11.1 Å². The first-order chi connectivity index (χ1) is 18.5. The topological polar surface area (TPSA) is 81.8 Å². The molecule has 1 amide bonds. The van der Waals surface area contributed by atoms with Crippen molar-refractivity contribution in [1.82, 2.24) is 19.8 Å². The Labute approximate surface area is 229 Å². The van der Waals surface area contributed by atoms with Crippen molar-refractivity contribution in [3.05, 3.63) is 90.5 Å². The molecule has 3 aromatic rings. The van der Waals surface area contributed by atoms with Gasteiger partial charge in [0.2, 0.25) is 15.9 Å². The second-order valence-corrected chi connectivity index (χ2v) is 12.7. The lowest BCUT2D eigenvalue weighted by Crippen LogP contribution is -2.47. The predicted octanol–water partition coefficient (Wildman–Crippen LogP) is 3.57. The summed E-state index contributed by atoms with van der Waals surface area (Å²) in [6.07, 6.45) is 0.765. The molecule has 0 aromatic heterocycles. The van der Waals surface area contributed by atoms with Crippen LogP contribution in [0.15, 0.2) is 89.8 Å². The van der Waals surface area contributed by atoms with E-state index in [2.05, 4.69) is 15.5 Å². The average molecular weight is 551 g/mol. The van der Waals surface area contributed by atoms with Gasteiger partial charge in [-0.1, -0.05) is 72.8 Å². The number of hydrogen-bond donors (Lipinski definition) is 2. The summed E-state index contributed by atoms with van der Waals surface area (Å²) < 4.78 is 28.6. The third-order valence-electron chi connectivity index (χ3n) is 7.10. The van der Waals surface area contributed by atoms with Crippen LogP contribution in [-0.2, 0) is 14.8 Å². The van der Waals surface area contributed by atoms with E-state index in [1.807, 2.05) is 72.8 Å². The first-order valence-corrected chi connectivity index (χ1v) is 15.6. The molecule has 2 unspecified atom stereocenters. The molecule has 9 heteroatoms. The number of piperazine rings is 1. The van der Waals surface area contributed by atoms with Crippen molar-refractivity contribution >= 4 is 27.7 Å². The van der Waals surface area contributed by atoms with E-state index in [0.717, 1.165) is 55.8 Å². The second-order valence-electron chi connectivity index (χ2n) is 9.58. The highest BCUT2D eigenvalue weighted by Crippen LogP contribution is 2.32. The Hall–Kier alpha value is -2.69. The lowest BCUT2D eigenvalue weighted by Gasteiger charge is -2.30. The SMILES string of the molecule is O=C(NC(CCN1CCNCC1)c1ccccc1)C1SCCN1S(=O)(=O)c1ccc(-c2ccccc2)cc1. The van der Waals surface area contributed by atoms with Gasteiger partial charge in [-0.25, -0.2) is 8.42 Å². The summed E-state index contributed by atoms with van der Waals surface area (Å²) in [5, 5.41) is 5.77. The number of rotatable bonds is 9. The van der Waals surface area contributed by atoms with E-state index < -0.39 is 15.4 Å². The summed E-state index contributed by atoms with van der Waals surface area (Å²) in [5.74, 6) is 0.321. The van der Waals surface area contributed by atoms with E-state index in [1.165, 1.54) is 16.1 Å². The minimum Gasteiger partial charge on any atom is -0.347 e. The van der Waals surface area contributed by atoms with Crippen LogP contribution in [0, 0.1) is 0 Å². The molecule has 0 spiro atoms. The van der Waals surface area contributed by atoms with Crippen LogP contribution in [0.25, 0.3) is 11.1 Å². The van der Waals surface area contributed by atoms with Crippen LogP contribution in [0.4, 0.5) is 0 Å². The van der Waals surface area contributed by atoms with Gasteiger partial charge in [0.25, 0.3) is 0 Å². The molecule has 2 aliphatic heterocycles. The monoisotopic (exact) mass is 550 g/mol. The van der Waals surface area contributed by atoms with Crippen LogP contribution in [-0.4, -0.2) is 73.9 Å². The molecule has 2 N–H and O–H groups in total. The number of nitrogens with zero attached hydrogens (tertiary/aromatic N) is 2. The normalized spacial score (nSPS) is 19.7. The van der Waals surface area contributed by atoms with Crippen LogP contribution < -0.4 is 10.6 Å². The Kier molecular flexibility index (Phi) is 8.81. The molecule has 2 atom stereocenters. The van der Waals surface area contributed by atoms with E-state index in [4.69, 9.17) is 0 Å². The molecule has 0 aliphatic carbocycles. The number of amides is 1. The molecule has 0 saturated carbocycles. The summed E-state index contributed by atoms with van der Waals surface area (Å²) >= 11 is 1.38. The Morgan fingerprint density at radius 1 is 0.895 bits per heavy atom. The van der Waals surface area contributed by atoms with E-state index in [-0.39, 0.29) is 16.8 Å². The highest BCUT2D eigenvalue weighted by molar-refractivity contribution is 8.02. The summed E-state index contributed by atoms with van der Waals surface area (Å²) in [6.45, 7) is 5.10. The number of carbonyl (C=O) groups is 1. The number of hydrogen-bond acceptors (Lipinski definition) is 6. The van der Waals surface area contributed by atoms with Crippen molar-refractivity contribution in [2.24, 2.45) is 0 Å². The van der Waals surface area contributed by atoms with Crippen LogP contribution in [0.3, 0.4) is 0 Å². The van der Waals surface area contributed by atoms with Gasteiger partial charge in [-0.15, -0.1) is 11.8 Å². The fourth-order valence-corrected chi connectivity index (χ4v) is 8.07. The minimum absolute atomic E-state index is 0.186. The molecule has 38 heavy (non-hydrogen) atoms. The predicted molar refractivity (Wildman–Crippen MR) is 153 cm³/mol. The maximum atomic E-state index is 13.6. The number of sulfonamides is 1. The lowest BCUT2D eigenvalue weighted by molar-refractivity contribution is -0.123. The highest BCUT2D eigenvalue weighted by atomic mass is 32.2. The highest BCUT2D eigenvalue weighted by Gasteiger charge is 2.40. The molecule has 2 aliphatic rings. The Balaban J connectivity index is 1.30. The molecule has 7 nitrogen and oxygen atoms in total. The number of nitrogens with one attached hydrogen (secondary N) is 2. The zero-order valence-corrected chi connectivity index (χ0v) is 23.0. The fourth-order valence-electron chi connectivity index (χ4n) is 4.99. The van der Waals surface area contributed by atoms with Gasteiger partial charge in [-0.05, 0) is 35.2 Å². The van der Waals surface area contributed by atoms with Crippen molar-refractivity contribution in [2.75, 3.05) is 45.0 Å². The van der Waals surface area contributed by atoms with Gasteiger partial charge < -0.3 is 15.5 Å². The van der Waals surface area contributed by atoms with Gasteiger partial charge in [-0.3, -0.25) is 4.79 Å². The van der Waals surface area contributed by atoms with E-state index in [9.17, 15) is 13.2 Å². The summed E-state index contributed by atoms with van der Waals surface area (Å²) in [6, 6.07) is 26.5. The first-order valence-electron chi connectivity index (χ1n) is 13.1. The molecule has 3 aromatic carbocycles. The molecule has 200 valence electrons. The van der Waals surface area contributed by atoms with Gasteiger partial charge in [0.15, 0.2) is 0 Å². The van der Waals surface area contributed by atoms with Crippen LogP contribution in [0.5, 0.6) is 0 Å². The molecule has 5 rings (SSSR count). The fraction of sp³-hybridized carbons (Fsp3) is 0.345. The zero-order chi connectivity index (χ0) is 26.4. The lowest BCUT2D eigenvalue weighted by atomic mass is 10.0. The summed E-state index contributed by atoms with van der Waals surface area (Å²) in [4.78, 5) is 16.2. The third kappa shape index (κ3) is 6.30. The molecular formula is C29H34N4O3S2. The molecule has 2 heterocycles. The van der Waals surface area contributed by atoms with E-state index in [0.29, 0.717) is 12.3 Å². The van der Waals surface area contributed by atoms with Crippen molar-refractivity contribution in [1.29, 1.82) is 0 Å². The summed E-state index contributed by atoms with van der Waals surface area (Å²) in [5.41, 5.74) is 3.01. The third-order valence-corrected chi connectivity index (χ3v) is 10.3. The Morgan fingerprint density at radius 2 is 1.53 bits per heavy atom. The minimum atomic E-state index is -3.83. The zero-order valence-electron chi connectivity index (χ0n) is 21.3. The molecule has 2 saturated heterocycles.